The number of carbonyl (C=O) groups is 1. The van der Waals surface area contributed by atoms with Crippen LogP contribution in [-0.2, 0) is 19.9 Å². The number of hydrogen-bond acceptors (Lipinski definition) is 2. The topological polar surface area (TPSA) is 46.9 Å². The Hall–Kier alpha value is -2.10. The zero-order valence-electron chi connectivity index (χ0n) is 12.5. The molecular formula is C16H21N3O. The van der Waals surface area contributed by atoms with E-state index in [4.69, 9.17) is 0 Å². The lowest BCUT2D eigenvalue weighted by Crippen LogP contribution is -2.15. The molecule has 1 heterocycles. The maximum absolute atomic E-state index is 12.4. The summed E-state index contributed by atoms with van der Waals surface area (Å²) in [6, 6.07) is 6.17. The Balaban J connectivity index is 2.34. The summed E-state index contributed by atoms with van der Waals surface area (Å²) in [7, 11) is 1.82. The zero-order valence-corrected chi connectivity index (χ0v) is 12.5. The molecule has 0 bridgehead atoms. The molecule has 2 aromatic rings. The van der Waals surface area contributed by atoms with Gasteiger partial charge in [-0.2, -0.15) is 5.10 Å². The molecule has 0 aliphatic heterocycles. The molecule has 1 N–H and O–H groups in total. The van der Waals surface area contributed by atoms with Crippen molar-refractivity contribution in [3.8, 4) is 0 Å². The van der Waals surface area contributed by atoms with Gasteiger partial charge in [-0.25, -0.2) is 0 Å². The third-order valence-corrected chi connectivity index (χ3v) is 3.50. The second-order valence-corrected chi connectivity index (χ2v) is 4.91. The molecule has 0 atom stereocenters. The van der Waals surface area contributed by atoms with Crippen LogP contribution in [0.15, 0.2) is 24.4 Å². The third kappa shape index (κ3) is 2.74. The highest BCUT2D eigenvalue weighted by atomic mass is 16.1. The second kappa shape index (κ2) is 5.90. The van der Waals surface area contributed by atoms with Gasteiger partial charge in [0.05, 0.1) is 11.3 Å². The van der Waals surface area contributed by atoms with E-state index in [2.05, 4.69) is 36.4 Å². The zero-order chi connectivity index (χ0) is 14.7. The molecule has 0 unspecified atom stereocenters. The van der Waals surface area contributed by atoms with Crippen molar-refractivity contribution in [3.05, 3.63) is 46.8 Å². The van der Waals surface area contributed by atoms with Crippen LogP contribution in [0.2, 0.25) is 0 Å². The second-order valence-electron chi connectivity index (χ2n) is 4.91. The number of aryl methyl sites for hydroxylation is 4. The van der Waals surface area contributed by atoms with E-state index < -0.39 is 0 Å². The first-order chi connectivity index (χ1) is 9.56. The molecule has 0 spiro atoms. The molecule has 0 radical (unpaired) electrons. The maximum atomic E-state index is 12.4. The summed E-state index contributed by atoms with van der Waals surface area (Å²) in [5, 5.41) is 7.27. The van der Waals surface area contributed by atoms with E-state index in [0.717, 1.165) is 24.2 Å². The fourth-order valence-corrected chi connectivity index (χ4v) is 2.41. The molecule has 4 nitrogen and oxygen atoms in total. The Morgan fingerprint density at radius 3 is 2.30 bits per heavy atom. The first-order valence-electron chi connectivity index (χ1n) is 6.99. The lowest BCUT2D eigenvalue weighted by atomic mass is 10.0. The number of rotatable bonds is 4. The summed E-state index contributed by atoms with van der Waals surface area (Å²) in [4.78, 5) is 12.4. The van der Waals surface area contributed by atoms with Gasteiger partial charge in [0.15, 0.2) is 0 Å². The highest BCUT2D eigenvalue weighted by molar-refractivity contribution is 6.05. The molecule has 1 aromatic heterocycles. The van der Waals surface area contributed by atoms with E-state index in [1.54, 1.807) is 10.9 Å². The van der Waals surface area contributed by atoms with Gasteiger partial charge in [0.1, 0.15) is 0 Å². The number of anilines is 1. The van der Waals surface area contributed by atoms with Crippen LogP contribution in [0.5, 0.6) is 0 Å². The van der Waals surface area contributed by atoms with Crippen LogP contribution in [0, 0.1) is 6.92 Å². The Kier molecular flexibility index (Phi) is 4.23. The van der Waals surface area contributed by atoms with Gasteiger partial charge in [0.25, 0.3) is 5.91 Å². The molecule has 20 heavy (non-hydrogen) atoms. The number of para-hydroxylation sites is 1. The quantitative estimate of drug-likeness (QED) is 0.928. The van der Waals surface area contributed by atoms with E-state index in [1.807, 2.05) is 20.0 Å². The van der Waals surface area contributed by atoms with Crippen LogP contribution in [0.25, 0.3) is 0 Å². The third-order valence-electron chi connectivity index (χ3n) is 3.50. The lowest BCUT2D eigenvalue weighted by Gasteiger charge is -2.14. The van der Waals surface area contributed by atoms with Crippen molar-refractivity contribution in [2.45, 2.75) is 33.6 Å². The summed E-state index contributed by atoms with van der Waals surface area (Å²) in [5.74, 6) is -0.0915. The average molecular weight is 271 g/mol. The molecule has 4 heteroatoms. The molecule has 0 fully saturated rings. The number of benzene rings is 1. The van der Waals surface area contributed by atoms with Crippen LogP contribution in [0.3, 0.4) is 0 Å². The Morgan fingerprint density at radius 1 is 1.25 bits per heavy atom. The predicted octanol–water partition coefficient (Wildman–Crippen LogP) is 3.11. The molecular weight excluding hydrogens is 250 g/mol. The summed E-state index contributed by atoms with van der Waals surface area (Å²) in [6.07, 6.45) is 3.55. The SMILES string of the molecule is CCc1cccc(CC)c1NC(=O)c1cn(C)nc1C. The summed E-state index contributed by atoms with van der Waals surface area (Å²) in [5.41, 5.74) is 4.65. The van der Waals surface area contributed by atoms with Crippen LogP contribution in [-0.4, -0.2) is 15.7 Å². The minimum Gasteiger partial charge on any atom is -0.321 e. The van der Waals surface area contributed by atoms with Crippen molar-refractivity contribution < 1.29 is 4.79 Å². The van der Waals surface area contributed by atoms with Gasteiger partial charge >= 0.3 is 0 Å². The molecule has 106 valence electrons. The average Bonchev–Trinajstić information content (AvgIpc) is 2.78. The van der Waals surface area contributed by atoms with Gasteiger partial charge in [-0.1, -0.05) is 32.0 Å². The first kappa shape index (κ1) is 14.3. The predicted molar refractivity (Wildman–Crippen MR) is 81.1 cm³/mol. The van der Waals surface area contributed by atoms with Gasteiger partial charge in [0, 0.05) is 18.9 Å². The molecule has 0 saturated carbocycles. The highest BCUT2D eigenvalue weighted by Crippen LogP contribution is 2.23. The molecule has 1 aromatic carbocycles. The normalized spacial score (nSPS) is 10.6. The van der Waals surface area contributed by atoms with Crippen molar-refractivity contribution in [1.82, 2.24) is 9.78 Å². The fraction of sp³-hybridized carbons (Fsp3) is 0.375. The van der Waals surface area contributed by atoms with Gasteiger partial charge in [-0.15, -0.1) is 0 Å². The number of nitrogens with zero attached hydrogens (tertiary/aromatic N) is 2. The van der Waals surface area contributed by atoms with Crippen molar-refractivity contribution in [2.75, 3.05) is 5.32 Å². The van der Waals surface area contributed by atoms with Crippen LogP contribution < -0.4 is 5.32 Å². The van der Waals surface area contributed by atoms with E-state index in [9.17, 15) is 4.79 Å². The molecule has 0 aliphatic rings. The van der Waals surface area contributed by atoms with Crippen molar-refractivity contribution in [2.24, 2.45) is 7.05 Å². The van der Waals surface area contributed by atoms with Gasteiger partial charge in [-0.3, -0.25) is 9.48 Å². The first-order valence-corrected chi connectivity index (χ1v) is 6.99. The molecule has 1 amide bonds. The van der Waals surface area contributed by atoms with E-state index in [0.29, 0.717) is 5.56 Å². The number of carbonyl (C=O) groups excluding carboxylic acids is 1. The standard InChI is InChI=1S/C16H21N3O/c1-5-12-8-7-9-13(6-2)15(12)17-16(20)14-10-19(4)18-11(14)3/h7-10H,5-6H2,1-4H3,(H,17,20). The van der Waals surface area contributed by atoms with Gasteiger partial charge in [-0.05, 0) is 30.9 Å². The van der Waals surface area contributed by atoms with E-state index in [1.165, 1.54) is 11.1 Å². The minimum absolute atomic E-state index is 0.0915. The van der Waals surface area contributed by atoms with Gasteiger partial charge in [0.2, 0.25) is 0 Å². The van der Waals surface area contributed by atoms with Gasteiger partial charge < -0.3 is 5.32 Å². The minimum atomic E-state index is -0.0915. The largest absolute Gasteiger partial charge is 0.321 e. The fourth-order valence-electron chi connectivity index (χ4n) is 2.41. The molecule has 2 rings (SSSR count). The highest BCUT2D eigenvalue weighted by Gasteiger charge is 2.15. The summed E-state index contributed by atoms with van der Waals surface area (Å²) < 4.78 is 1.66. The molecule has 0 saturated heterocycles. The van der Waals surface area contributed by atoms with Crippen LogP contribution in [0.4, 0.5) is 5.69 Å². The van der Waals surface area contributed by atoms with Crippen molar-refractivity contribution in [1.29, 1.82) is 0 Å². The maximum Gasteiger partial charge on any atom is 0.259 e. The number of amides is 1. The van der Waals surface area contributed by atoms with Crippen LogP contribution in [0.1, 0.15) is 41.0 Å². The Labute approximate surface area is 119 Å². The lowest BCUT2D eigenvalue weighted by molar-refractivity contribution is 0.102. The Bertz CT molecular complexity index is 606. The Morgan fingerprint density at radius 2 is 1.85 bits per heavy atom. The van der Waals surface area contributed by atoms with Crippen molar-refractivity contribution in [3.63, 3.8) is 0 Å². The van der Waals surface area contributed by atoms with Crippen molar-refractivity contribution >= 4 is 11.6 Å². The number of nitrogens with one attached hydrogen (secondary N) is 1. The summed E-state index contributed by atoms with van der Waals surface area (Å²) in [6.45, 7) is 6.04. The van der Waals surface area contributed by atoms with Crippen LogP contribution >= 0.6 is 0 Å². The molecule has 0 aliphatic carbocycles. The summed E-state index contributed by atoms with van der Waals surface area (Å²) >= 11 is 0. The van der Waals surface area contributed by atoms with E-state index in [-0.39, 0.29) is 5.91 Å². The number of aromatic nitrogens is 2. The smallest absolute Gasteiger partial charge is 0.259 e. The number of hydrogen-bond donors (Lipinski definition) is 1. The van der Waals surface area contributed by atoms with E-state index >= 15 is 0 Å². The monoisotopic (exact) mass is 271 g/mol.